The van der Waals surface area contributed by atoms with Gasteiger partial charge in [-0.15, -0.1) is 0 Å². The van der Waals surface area contributed by atoms with Crippen molar-refractivity contribution >= 4 is 15.9 Å². The molecule has 3 aliphatic rings. The first kappa shape index (κ1) is 28.3. The van der Waals surface area contributed by atoms with E-state index in [2.05, 4.69) is 11.8 Å². The van der Waals surface area contributed by atoms with Gasteiger partial charge in [0.15, 0.2) is 0 Å². The lowest BCUT2D eigenvalue weighted by molar-refractivity contribution is -0.138. The van der Waals surface area contributed by atoms with E-state index in [1.54, 1.807) is 23.5 Å². The Bertz CT molecular complexity index is 1010. The van der Waals surface area contributed by atoms with Crippen LogP contribution in [0.2, 0.25) is 0 Å². The van der Waals surface area contributed by atoms with Crippen molar-refractivity contribution in [2.75, 3.05) is 53.0 Å². The van der Waals surface area contributed by atoms with E-state index < -0.39 is 10.0 Å². The smallest absolute Gasteiger partial charge is 0.248 e. The van der Waals surface area contributed by atoms with Crippen molar-refractivity contribution in [2.45, 2.75) is 82.7 Å². The molecule has 1 amide bonds. The molecule has 9 heteroatoms. The van der Waals surface area contributed by atoms with Gasteiger partial charge in [-0.05, 0) is 81.5 Å². The third-order valence-electron chi connectivity index (χ3n) is 8.51. The molecule has 1 aromatic rings. The van der Waals surface area contributed by atoms with Gasteiger partial charge in [-0.3, -0.25) is 9.69 Å². The van der Waals surface area contributed by atoms with Crippen molar-refractivity contribution in [1.82, 2.24) is 14.1 Å². The van der Waals surface area contributed by atoms with Gasteiger partial charge in [0, 0.05) is 44.8 Å². The second-order valence-corrected chi connectivity index (χ2v) is 13.0. The molecule has 2 heterocycles. The Balaban J connectivity index is 1.30. The number of amides is 1. The average Bonchev–Trinajstić information content (AvgIpc) is 2.88. The van der Waals surface area contributed by atoms with E-state index in [4.69, 9.17) is 9.47 Å². The first-order chi connectivity index (χ1) is 17.7. The minimum Gasteiger partial charge on any atom is -0.497 e. The van der Waals surface area contributed by atoms with Gasteiger partial charge < -0.3 is 14.4 Å². The third-order valence-corrected chi connectivity index (χ3v) is 10.8. The highest BCUT2D eigenvalue weighted by molar-refractivity contribution is 7.89. The Morgan fingerprint density at radius 1 is 0.946 bits per heavy atom. The number of hydrogen-bond acceptors (Lipinski definition) is 6. The van der Waals surface area contributed by atoms with Gasteiger partial charge in [0.1, 0.15) is 12.4 Å². The van der Waals surface area contributed by atoms with Crippen molar-refractivity contribution in [3.05, 3.63) is 23.3 Å². The molecule has 1 atom stereocenters. The molecule has 37 heavy (non-hydrogen) atoms. The van der Waals surface area contributed by atoms with E-state index in [-0.39, 0.29) is 25.2 Å². The highest BCUT2D eigenvalue weighted by Gasteiger charge is 2.36. The Morgan fingerprint density at radius 2 is 1.59 bits per heavy atom. The van der Waals surface area contributed by atoms with Crippen molar-refractivity contribution in [3.8, 4) is 5.75 Å². The molecule has 4 rings (SSSR count). The third kappa shape index (κ3) is 6.67. The van der Waals surface area contributed by atoms with Crippen LogP contribution in [0.3, 0.4) is 0 Å². The summed E-state index contributed by atoms with van der Waals surface area (Å²) in [6.45, 7) is 10.0. The Hall–Kier alpha value is -1.68. The monoisotopic (exact) mass is 535 g/mol. The summed E-state index contributed by atoms with van der Waals surface area (Å²) in [6.07, 6.45) is 7.68. The lowest BCUT2D eigenvalue weighted by atomic mass is 9.86. The molecule has 1 saturated carbocycles. The number of rotatable bonds is 8. The van der Waals surface area contributed by atoms with Gasteiger partial charge >= 0.3 is 0 Å². The molecular weight excluding hydrogens is 490 g/mol. The van der Waals surface area contributed by atoms with Gasteiger partial charge in [-0.2, -0.15) is 4.31 Å². The maximum atomic E-state index is 13.7. The molecule has 0 bridgehead atoms. The summed E-state index contributed by atoms with van der Waals surface area (Å²) in [6, 6.07) is 3.94. The summed E-state index contributed by atoms with van der Waals surface area (Å²) in [7, 11) is -2.11. The summed E-state index contributed by atoms with van der Waals surface area (Å²) in [5, 5.41) is 0. The number of hydrogen-bond donors (Lipinski definition) is 0. The fourth-order valence-electron chi connectivity index (χ4n) is 6.33. The number of piperidine rings is 1. The Morgan fingerprint density at radius 3 is 2.22 bits per heavy atom. The average molecular weight is 536 g/mol. The van der Waals surface area contributed by atoms with Crippen LogP contribution in [0, 0.1) is 19.8 Å². The number of carbonyl (C=O) groups is 1. The topological polar surface area (TPSA) is 79.4 Å². The van der Waals surface area contributed by atoms with Gasteiger partial charge in [0.25, 0.3) is 0 Å². The fraction of sp³-hybridized carbons (Fsp3) is 0.750. The van der Waals surface area contributed by atoms with Crippen LogP contribution in [-0.2, 0) is 19.6 Å². The number of nitrogens with zero attached hydrogens (tertiary/aromatic N) is 3. The number of benzene rings is 1. The van der Waals surface area contributed by atoms with E-state index in [0.29, 0.717) is 34.4 Å². The first-order valence-electron chi connectivity index (χ1n) is 14.0. The van der Waals surface area contributed by atoms with Crippen LogP contribution in [0.25, 0.3) is 0 Å². The standard InChI is InChI=1S/C28H45N3O5S/c1-21-8-10-24(11-9-21)29-13-15-30(16-14-29)27(32)20-36-19-25-7-5-6-12-31(25)37(33,34)28-22(2)17-26(35-4)18-23(28)3/h17-18,21,24-25H,5-16,19-20H2,1-4H3. The normalized spacial score (nSPS) is 26.3. The van der Waals surface area contributed by atoms with Crippen LogP contribution >= 0.6 is 0 Å². The number of aryl methyl sites for hydroxylation is 2. The van der Waals surface area contributed by atoms with E-state index in [9.17, 15) is 13.2 Å². The number of piperazine rings is 1. The summed E-state index contributed by atoms with van der Waals surface area (Å²) >= 11 is 0. The minimum absolute atomic E-state index is 0.00368. The van der Waals surface area contributed by atoms with Gasteiger partial charge in [-0.25, -0.2) is 8.42 Å². The summed E-state index contributed by atoms with van der Waals surface area (Å²) in [5.74, 6) is 1.50. The number of sulfonamides is 1. The SMILES string of the molecule is COc1cc(C)c(S(=O)(=O)N2CCCCC2COCC(=O)N2CCN(C3CCC(C)CC3)CC2)c(C)c1. The molecule has 3 fully saturated rings. The predicted molar refractivity (Wildman–Crippen MR) is 144 cm³/mol. The quantitative estimate of drug-likeness (QED) is 0.506. The highest BCUT2D eigenvalue weighted by atomic mass is 32.2. The molecule has 0 radical (unpaired) electrons. The summed E-state index contributed by atoms with van der Waals surface area (Å²) in [5.41, 5.74) is 1.36. The zero-order chi connectivity index (χ0) is 26.6. The maximum Gasteiger partial charge on any atom is 0.248 e. The molecular formula is C28H45N3O5S. The lowest BCUT2D eigenvalue weighted by Crippen LogP contribution is -2.53. The molecule has 8 nitrogen and oxygen atoms in total. The Kier molecular flexibility index (Phi) is 9.53. The molecule has 2 aliphatic heterocycles. The van der Waals surface area contributed by atoms with Crippen LogP contribution in [-0.4, -0.2) is 93.6 Å². The van der Waals surface area contributed by atoms with E-state index in [1.807, 2.05) is 18.7 Å². The number of carbonyl (C=O) groups excluding carboxylic acids is 1. The van der Waals surface area contributed by atoms with Crippen LogP contribution in [0.4, 0.5) is 0 Å². The second-order valence-electron chi connectivity index (χ2n) is 11.2. The van der Waals surface area contributed by atoms with Crippen molar-refractivity contribution in [2.24, 2.45) is 5.92 Å². The number of methoxy groups -OCH3 is 1. The molecule has 0 spiro atoms. The highest BCUT2D eigenvalue weighted by Crippen LogP contribution is 2.32. The van der Waals surface area contributed by atoms with Crippen LogP contribution in [0.5, 0.6) is 5.75 Å². The fourth-order valence-corrected chi connectivity index (χ4v) is 8.42. The van der Waals surface area contributed by atoms with Gasteiger partial charge in [0.2, 0.25) is 15.9 Å². The lowest BCUT2D eigenvalue weighted by Gasteiger charge is -2.41. The van der Waals surface area contributed by atoms with Crippen molar-refractivity contribution < 1.29 is 22.7 Å². The van der Waals surface area contributed by atoms with Crippen LogP contribution in [0.15, 0.2) is 17.0 Å². The maximum absolute atomic E-state index is 13.7. The summed E-state index contributed by atoms with van der Waals surface area (Å²) < 4.78 is 40.2. The molecule has 1 aliphatic carbocycles. The molecule has 2 saturated heterocycles. The van der Waals surface area contributed by atoms with E-state index in [0.717, 1.165) is 51.4 Å². The van der Waals surface area contributed by atoms with E-state index >= 15 is 0 Å². The minimum atomic E-state index is -3.69. The number of ether oxygens (including phenoxy) is 2. The largest absolute Gasteiger partial charge is 0.497 e. The molecule has 0 N–H and O–H groups in total. The zero-order valence-corrected chi connectivity index (χ0v) is 23.9. The van der Waals surface area contributed by atoms with E-state index in [1.165, 1.54) is 25.7 Å². The predicted octanol–water partition coefficient (Wildman–Crippen LogP) is 3.59. The van der Waals surface area contributed by atoms with Crippen LogP contribution < -0.4 is 4.74 Å². The molecule has 1 aromatic carbocycles. The van der Waals surface area contributed by atoms with Crippen molar-refractivity contribution in [3.63, 3.8) is 0 Å². The van der Waals surface area contributed by atoms with Gasteiger partial charge in [0.05, 0.1) is 18.6 Å². The molecule has 1 unspecified atom stereocenters. The second kappa shape index (κ2) is 12.5. The first-order valence-corrected chi connectivity index (χ1v) is 15.4. The molecule has 208 valence electrons. The zero-order valence-electron chi connectivity index (χ0n) is 23.1. The molecule has 0 aromatic heterocycles. The van der Waals surface area contributed by atoms with Crippen LogP contribution in [0.1, 0.15) is 63.0 Å². The van der Waals surface area contributed by atoms with Gasteiger partial charge in [-0.1, -0.05) is 13.3 Å². The summed E-state index contributed by atoms with van der Waals surface area (Å²) in [4.78, 5) is 17.7. The Labute approximate surface area is 223 Å². The van der Waals surface area contributed by atoms with Crippen molar-refractivity contribution in [1.29, 1.82) is 0 Å².